The van der Waals surface area contributed by atoms with Crippen molar-refractivity contribution in [2.24, 2.45) is 0 Å². The van der Waals surface area contributed by atoms with Gasteiger partial charge in [-0.3, -0.25) is 4.79 Å². The first kappa shape index (κ1) is 22.6. The van der Waals surface area contributed by atoms with Crippen LogP contribution in [0.1, 0.15) is 17.3 Å². The van der Waals surface area contributed by atoms with E-state index in [1.165, 1.54) is 22.8 Å². The zero-order chi connectivity index (χ0) is 23.7. The Bertz CT molecular complexity index is 1280. The number of carbonyl (C=O) groups is 1. The number of hydrogen-bond donors (Lipinski definition) is 0. The van der Waals surface area contributed by atoms with Gasteiger partial charge >= 0.3 is 0 Å². The van der Waals surface area contributed by atoms with Crippen LogP contribution in [0, 0.1) is 0 Å². The Balaban J connectivity index is 1.25. The van der Waals surface area contributed by atoms with E-state index in [0.717, 1.165) is 5.82 Å². The predicted molar refractivity (Wildman–Crippen MR) is 123 cm³/mol. The fourth-order valence-corrected chi connectivity index (χ4v) is 5.64. The van der Waals surface area contributed by atoms with E-state index >= 15 is 0 Å². The van der Waals surface area contributed by atoms with Gasteiger partial charge in [-0.15, -0.1) is 5.10 Å². The number of benzene rings is 1. The molecule has 0 N–H and O–H groups in total. The van der Waals surface area contributed by atoms with Crippen molar-refractivity contribution in [3.8, 4) is 0 Å². The lowest BCUT2D eigenvalue weighted by molar-refractivity contribution is 0.0730. The molecule has 34 heavy (non-hydrogen) atoms. The molecule has 1 aromatic carbocycles. The van der Waals surface area contributed by atoms with Crippen LogP contribution in [0.15, 0.2) is 35.5 Å². The van der Waals surface area contributed by atoms with Crippen molar-refractivity contribution in [1.82, 2.24) is 34.2 Å². The zero-order valence-electron chi connectivity index (χ0n) is 18.9. The van der Waals surface area contributed by atoms with Crippen molar-refractivity contribution < 1.29 is 17.9 Å². The molecule has 0 unspecified atom stereocenters. The summed E-state index contributed by atoms with van der Waals surface area (Å²) in [5.41, 5.74) is 1.81. The van der Waals surface area contributed by atoms with E-state index < -0.39 is 10.0 Å². The molecule has 180 valence electrons. The van der Waals surface area contributed by atoms with Crippen LogP contribution in [0.4, 0.5) is 5.82 Å². The Morgan fingerprint density at radius 2 is 1.71 bits per heavy atom. The second-order valence-corrected chi connectivity index (χ2v) is 10.0. The van der Waals surface area contributed by atoms with Gasteiger partial charge < -0.3 is 14.5 Å². The highest BCUT2D eigenvalue weighted by atomic mass is 32.2. The summed E-state index contributed by atoms with van der Waals surface area (Å²) in [4.78, 5) is 25.8. The highest BCUT2D eigenvalue weighted by Crippen LogP contribution is 2.23. The maximum atomic E-state index is 13.0. The SMILES string of the molecule is CCn1nnc2c(N3CCN(C(=O)c4ccc(S(=O)(=O)N5CCOCC5)cc4)CC3)ncnc21. The van der Waals surface area contributed by atoms with Crippen molar-refractivity contribution in [2.75, 3.05) is 57.4 Å². The van der Waals surface area contributed by atoms with E-state index in [0.29, 0.717) is 75.8 Å². The fraction of sp³-hybridized carbons (Fsp3) is 0.476. The molecule has 13 heteroatoms. The van der Waals surface area contributed by atoms with Crippen molar-refractivity contribution in [2.45, 2.75) is 18.4 Å². The third-order valence-corrected chi connectivity index (χ3v) is 8.07. The number of morpholine rings is 1. The van der Waals surface area contributed by atoms with Gasteiger partial charge in [0.2, 0.25) is 10.0 Å². The van der Waals surface area contributed by atoms with Crippen LogP contribution in [-0.4, -0.2) is 101 Å². The first-order valence-electron chi connectivity index (χ1n) is 11.3. The summed E-state index contributed by atoms with van der Waals surface area (Å²) in [6, 6.07) is 6.17. The molecule has 0 saturated carbocycles. The molecule has 2 aliphatic rings. The van der Waals surface area contributed by atoms with Gasteiger partial charge in [-0.05, 0) is 31.2 Å². The molecule has 0 bridgehead atoms. The smallest absolute Gasteiger partial charge is 0.253 e. The van der Waals surface area contributed by atoms with Gasteiger partial charge in [0, 0.05) is 51.4 Å². The maximum absolute atomic E-state index is 13.0. The standard InChI is InChI=1S/C21H26N8O4S/c1-2-29-20-18(24-25-29)19(22-15-23-20)26-7-9-27(10-8-26)21(30)16-3-5-17(6-4-16)34(31,32)28-11-13-33-14-12-28/h3-6,15H,2,7-14H2,1H3. The summed E-state index contributed by atoms with van der Waals surface area (Å²) in [5.74, 6) is 0.592. The van der Waals surface area contributed by atoms with Crippen LogP contribution in [0.5, 0.6) is 0 Å². The molecule has 5 rings (SSSR count). The number of sulfonamides is 1. The molecule has 0 aliphatic carbocycles. The number of piperazine rings is 1. The highest BCUT2D eigenvalue weighted by molar-refractivity contribution is 7.89. The number of fused-ring (bicyclic) bond motifs is 1. The Morgan fingerprint density at radius 1 is 1.00 bits per heavy atom. The van der Waals surface area contributed by atoms with Gasteiger partial charge in [-0.25, -0.2) is 23.1 Å². The third kappa shape index (κ3) is 4.10. The molecule has 3 aromatic rings. The average molecular weight is 487 g/mol. The van der Waals surface area contributed by atoms with Crippen LogP contribution < -0.4 is 4.90 Å². The van der Waals surface area contributed by atoms with E-state index in [9.17, 15) is 13.2 Å². The van der Waals surface area contributed by atoms with Crippen molar-refractivity contribution >= 4 is 32.9 Å². The quantitative estimate of drug-likeness (QED) is 0.498. The first-order valence-corrected chi connectivity index (χ1v) is 12.7. The molecule has 4 heterocycles. The van der Waals surface area contributed by atoms with Crippen LogP contribution in [0.25, 0.3) is 11.2 Å². The number of nitrogens with zero attached hydrogens (tertiary/aromatic N) is 8. The van der Waals surface area contributed by atoms with Crippen molar-refractivity contribution in [3.63, 3.8) is 0 Å². The lowest BCUT2D eigenvalue weighted by Crippen LogP contribution is -2.49. The van der Waals surface area contributed by atoms with Crippen LogP contribution in [0.3, 0.4) is 0 Å². The van der Waals surface area contributed by atoms with Crippen LogP contribution in [0.2, 0.25) is 0 Å². The summed E-state index contributed by atoms with van der Waals surface area (Å²) in [5, 5.41) is 8.36. The zero-order valence-corrected chi connectivity index (χ0v) is 19.7. The summed E-state index contributed by atoms with van der Waals surface area (Å²) < 4.78 is 34.0. The van der Waals surface area contributed by atoms with E-state index in [4.69, 9.17) is 4.74 Å². The van der Waals surface area contributed by atoms with Gasteiger partial charge in [0.25, 0.3) is 5.91 Å². The number of amides is 1. The topological polar surface area (TPSA) is 127 Å². The second kappa shape index (κ2) is 9.24. The Morgan fingerprint density at radius 3 is 2.38 bits per heavy atom. The van der Waals surface area contributed by atoms with Gasteiger partial charge in [-0.1, -0.05) is 5.21 Å². The van der Waals surface area contributed by atoms with Gasteiger partial charge in [-0.2, -0.15) is 4.31 Å². The summed E-state index contributed by atoms with van der Waals surface area (Å²) >= 11 is 0. The molecule has 0 atom stereocenters. The molecule has 0 spiro atoms. The van der Waals surface area contributed by atoms with Gasteiger partial charge in [0.1, 0.15) is 6.33 Å². The minimum absolute atomic E-state index is 0.125. The Kier molecular flexibility index (Phi) is 6.15. The van der Waals surface area contributed by atoms with E-state index in [1.807, 2.05) is 6.92 Å². The predicted octanol–water partition coefficient (Wildman–Crippen LogP) is 0.225. The lowest BCUT2D eigenvalue weighted by Gasteiger charge is -2.35. The number of hydrogen-bond acceptors (Lipinski definition) is 9. The highest BCUT2D eigenvalue weighted by Gasteiger charge is 2.28. The van der Waals surface area contributed by atoms with E-state index in [-0.39, 0.29) is 10.8 Å². The minimum Gasteiger partial charge on any atom is -0.379 e. The molecule has 2 aromatic heterocycles. The maximum Gasteiger partial charge on any atom is 0.253 e. The molecule has 0 radical (unpaired) electrons. The van der Waals surface area contributed by atoms with Crippen LogP contribution in [-0.2, 0) is 21.3 Å². The number of carbonyl (C=O) groups excluding carboxylic acids is 1. The molecular formula is C21H26N8O4S. The molecule has 2 fully saturated rings. The molecule has 12 nitrogen and oxygen atoms in total. The number of rotatable bonds is 5. The van der Waals surface area contributed by atoms with Crippen LogP contribution >= 0.6 is 0 Å². The molecule has 2 saturated heterocycles. The number of ether oxygens (including phenoxy) is 1. The monoisotopic (exact) mass is 486 g/mol. The van der Waals surface area contributed by atoms with E-state index in [1.54, 1.807) is 21.7 Å². The number of aryl methyl sites for hydroxylation is 1. The first-order chi connectivity index (χ1) is 16.5. The average Bonchev–Trinajstić information content (AvgIpc) is 3.32. The van der Waals surface area contributed by atoms with Gasteiger partial charge in [0.05, 0.1) is 18.1 Å². The molecule has 2 aliphatic heterocycles. The minimum atomic E-state index is -3.59. The summed E-state index contributed by atoms with van der Waals surface area (Å²) in [6.07, 6.45) is 1.51. The number of aromatic nitrogens is 5. The summed E-state index contributed by atoms with van der Waals surface area (Å²) in [6.45, 7) is 6.31. The molecule has 1 amide bonds. The Labute approximate surface area is 197 Å². The summed E-state index contributed by atoms with van der Waals surface area (Å²) in [7, 11) is -3.59. The normalized spacial score (nSPS) is 17.9. The Hall–Kier alpha value is -3.16. The fourth-order valence-electron chi connectivity index (χ4n) is 4.23. The van der Waals surface area contributed by atoms with E-state index in [2.05, 4.69) is 25.2 Å². The largest absolute Gasteiger partial charge is 0.379 e. The third-order valence-electron chi connectivity index (χ3n) is 6.16. The van der Waals surface area contributed by atoms with Crippen molar-refractivity contribution in [3.05, 3.63) is 36.2 Å². The second-order valence-electron chi connectivity index (χ2n) is 8.09. The molecular weight excluding hydrogens is 460 g/mol. The van der Waals surface area contributed by atoms with Crippen molar-refractivity contribution in [1.29, 1.82) is 0 Å². The lowest BCUT2D eigenvalue weighted by atomic mass is 10.2. The number of anilines is 1. The van der Waals surface area contributed by atoms with Gasteiger partial charge in [0.15, 0.2) is 17.0 Å².